The molecule has 1 aromatic carbocycles. The fourth-order valence-corrected chi connectivity index (χ4v) is 1.78. The van der Waals surface area contributed by atoms with Crippen LogP contribution in [0.2, 0.25) is 0 Å². The number of aromatic hydroxyl groups is 1. The standard InChI is InChI=1S/C14H24N2O2/c1-16(2)10-5-4-9-15-11-12-7-6-8-13(18-3)14(12)17/h6-8,15,17H,4-5,9-11H2,1-3H3. The topological polar surface area (TPSA) is 44.7 Å². The van der Waals surface area contributed by atoms with Crippen LogP contribution in [0.5, 0.6) is 11.5 Å². The second-order valence-corrected chi connectivity index (χ2v) is 4.66. The molecule has 0 spiro atoms. The minimum absolute atomic E-state index is 0.237. The molecule has 0 aromatic heterocycles. The zero-order valence-electron chi connectivity index (χ0n) is 11.6. The molecule has 0 amide bonds. The van der Waals surface area contributed by atoms with Gasteiger partial charge in [0.05, 0.1) is 7.11 Å². The van der Waals surface area contributed by atoms with Gasteiger partial charge in [-0.1, -0.05) is 12.1 Å². The van der Waals surface area contributed by atoms with Gasteiger partial charge in [0, 0.05) is 12.1 Å². The van der Waals surface area contributed by atoms with Gasteiger partial charge in [-0.3, -0.25) is 0 Å². The van der Waals surface area contributed by atoms with Crippen LogP contribution < -0.4 is 10.1 Å². The summed E-state index contributed by atoms with van der Waals surface area (Å²) in [7, 11) is 5.73. The van der Waals surface area contributed by atoms with Gasteiger partial charge in [-0.15, -0.1) is 0 Å². The molecule has 0 aliphatic rings. The number of phenols is 1. The first-order valence-corrected chi connectivity index (χ1v) is 6.35. The molecule has 0 radical (unpaired) electrons. The zero-order chi connectivity index (χ0) is 13.4. The van der Waals surface area contributed by atoms with Gasteiger partial charge in [-0.05, 0) is 46.1 Å². The van der Waals surface area contributed by atoms with E-state index in [0.29, 0.717) is 12.3 Å². The van der Waals surface area contributed by atoms with Crippen LogP contribution in [-0.4, -0.2) is 44.3 Å². The first kappa shape index (κ1) is 14.8. The van der Waals surface area contributed by atoms with E-state index in [9.17, 15) is 5.11 Å². The highest BCUT2D eigenvalue weighted by Gasteiger charge is 2.06. The van der Waals surface area contributed by atoms with Crippen molar-refractivity contribution in [1.29, 1.82) is 0 Å². The maximum absolute atomic E-state index is 9.89. The van der Waals surface area contributed by atoms with Crippen molar-refractivity contribution >= 4 is 0 Å². The molecule has 4 nitrogen and oxygen atoms in total. The molecule has 102 valence electrons. The number of hydrogen-bond acceptors (Lipinski definition) is 4. The van der Waals surface area contributed by atoms with Gasteiger partial charge in [-0.2, -0.15) is 0 Å². The Morgan fingerprint density at radius 2 is 2.06 bits per heavy atom. The van der Waals surface area contributed by atoms with Crippen LogP contribution >= 0.6 is 0 Å². The lowest BCUT2D eigenvalue weighted by Crippen LogP contribution is -2.18. The van der Waals surface area contributed by atoms with E-state index in [-0.39, 0.29) is 5.75 Å². The second-order valence-electron chi connectivity index (χ2n) is 4.66. The molecule has 0 saturated carbocycles. The summed E-state index contributed by atoms with van der Waals surface area (Å²) < 4.78 is 5.07. The molecular weight excluding hydrogens is 228 g/mol. The predicted molar refractivity (Wildman–Crippen MR) is 74.2 cm³/mol. The zero-order valence-corrected chi connectivity index (χ0v) is 11.6. The highest BCUT2D eigenvalue weighted by molar-refractivity contribution is 5.45. The van der Waals surface area contributed by atoms with E-state index in [1.54, 1.807) is 13.2 Å². The molecule has 18 heavy (non-hydrogen) atoms. The van der Waals surface area contributed by atoms with Crippen LogP contribution in [0.15, 0.2) is 18.2 Å². The average molecular weight is 252 g/mol. The normalized spacial score (nSPS) is 10.9. The van der Waals surface area contributed by atoms with E-state index in [0.717, 1.165) is 25.1 Å². The summed E-state index contributed by atoms with van der Waals surface area (Å²) in [5.74, 6) is 0.766. The summed E-state index contributed by atoms with van der Waals surface area (Å²) in [5, 5.41) is 13.2. The number of hydrogen-bond donors (Lipinski definition) is 2. The largest absolute Gasteiger partial charge is 0.504 e. The van der Waals surface area contributed by atoms with E-state index in [4.69, 9.17) is 4.74 Å². The Hall–Kier alpha value is -1.26. The summed E-state index contributed by atoms with van der Waals surface area (Å²) in [4.78, 5) is 2.19. The first-order valence-electron chi connectivity index (χ1n) is 6.35. The van der Waals surface area contributed by atoms with Crippen molar-refractivity contribution in [1.82, 2.24) is 10.2 Å². The molecule has 0 atom stereocenters. The lowest BCUT2D eigenvalue weighted by Gasteiger charge is -2.11. The van der Waals surface area contributed by atoms with Crippen molar-refractivity contribution in [2.45, 2.75) is 19.4 Å². The number of methoxy groups -OCH3 is 1. The molecule has 1 aromatic rings. The summed E-state index contributed by atoms with van der Waals surface area (Å²) in [6.45, 7) is 2.75. The molecule has 0 bridgehead atoms. The smallest absolute Gasteiger partial charge is 0.162 e. The lowest BCUT2D eigenvalue weighted by molar-refractivity contribution is 0.369. The highest BCUT2D eigenvalue weighted by atomic mass is 16.5. The third-order valence-corrected chi connectivity index (χ3v) is 2.83. The third-order valence-electron chi connectivity index (χ3n) is 2.83. The first-order chi connectivity index (χ1) is 8.65. The van der Waals surface area contributed by atoms with E-state index in [1.807, 2.05) is 12.1 Å². The number of nitrogens with zero attached hydrogens (tertiary/aromatic N) is 1. The fraction of sp³-hybridized carbons (Fsp3) is 0.571. The maximum atomic E-state index is 9.89. The van der Waals surface area contributed by atoms with Crippen LogP contribution in [0.3, 0.4) is 0 Å². The van der Waals surface area contributed by atoms with Gasteiger partial charge in [-0.25, -0.2) is 0 Å². The van der Waals surface area contributed by atoms with Crippen molar-refractivity contribution in [3.63, 3.8) is 0 Å². The van der Waals surface area contributed by atoms with Crippen LogP contribution in [0.1, 0.15) is 18.4 Å². The van der Waals surface area contributed by atoms with Crippen molar-refractivity contribution in [3.8, 4) is 11.5 Å². The summed E-state index contributed by atoms with van der Waals surface area (Å²) in [5.41, 5.74) is 0.877. The fourth-order valence-electron chi connectivity index (χ4n) is 1.78. The third kappa shape index (κ3) is 4.94. The van der Waals surface area contributed by atoms with Crippen LogP contribution in [0.4, 0.5) is 0 Å². The van der Waals surface area contributed by atoms with Crippen LogP contribution in [0, 0.1) is 0 Å². The Bertz CT molecular complexity index is 354. The van der Waals surface area contributed by atoms with E-state index in [2.05, 4.69) is 24.3 Å². The number of para-hydroxylation sites is 1. The highest BCUT2D eigenvalue weighted by Crippen LogP contribution is 2.28. The molecular formula is C14H24N2O2. The number of benzene rings is 1. The molecule has 4 heteroatoms. The molecule has 2 N–H and O–H groups in total. The van der Waals surface area contributed by atoms with E-state index >= 15 is 0 Å². The van der Waals surface area contributed by atoms with Gasteiger partial charge in [0.25, 0.3) is 0 Å². The summed E-state index contributed by atoms with van der Waals surface area (Å²) in [6, 6.07) is 5.56. The van der Waals surface area contributed by atoms with Crippen LogP contribution in [0.25, 0.3) is 0 Å². The molecule has 0 fully saturated rings. The van der Waals surface area contributed by atoms with Gasteiger partial charge in [0.1, 0.15) is 0 Å². The van der Waals surface area contributed by atoms with Gasteiger partial charge in [0.15, 0.2) is 11.5 Å². The van der Waals surface area contributed by atoms with Crippen molar-refractivity contribution in [2.24, 2.45) is 0 Å². The minimum Gasteiger partial charge on any atom is -0.504 e. The Morgan fingerprint density at radius 3 is 2.72 bits per heavy atom. The monoisotopic (exact) mass is 252 g/mol. The Balaban J connectivity index is 2.27. The molecule has 0 heterocycles. The molecule has 0 aliphatic heterocycles. The predicted octanol–water partition coefficient (Wildman–Crippen LogP) is 1.83. The van der Waals surface area contributed by atoms with E-state index < -0.39 is 0 Å². The Labute approximate surface area is 110 Å². The second kappa shape index (κ2) is 7.95. The van der Waals surface area contributed by atoms with Crippen molar-refractivity contribution < 1.29 is 9.84 Å². The summed E-state index contributed by atoms with van der Waals surface area (Å²) >= 11 is 0. The van der Waals surface area contributed by atoms with Crippen molar-refractivity contribution in [3.05, 3.63) is 23.8 Å². The lowest BCUT2D eigenvalue weighted by atomic mass is 10.2. The SMILES string of the molecule is COc1cccc(CNCCCCN(C)C)c1O. The number of phenolic OH excluding ortho intramolecular Hbond substituents is 1. The van der Waals surface area contributed by atoms with Gasteiger partial charge < -0.3 is 20.1 Å². The number of nitrogens with one attached hydrogen (secondary N) is 1. The number of ether oxygens (including phenoxy) is 1. The quantitative estimate of drug-likeness (QED) is 0.693. The van der Waals surface area contributed by atoms with Gasteiger partial charge in [0.2, 0.25) is 0 Å². The minimum atomic E-state index is 0.237. The molecule has 0 unspecified atom stereocenters. The average Bonchev–Trinajstić information content (AvgIpc) is 2.35. The molecule has 1 rings (SSSR count). The number of rotatable bonds is 8. The summed E-state index contributed by atoms with van der Waals surface area (Å²) in [6.07, 6.45) is 2.33. The molecule has 0 saturated heterocycles. The maximum Gasteiger partial charge on any atom is 0.162 e. The van der Waals surface area contributed by atoms with E-state index in [1.165, 1.54) is 6.42 Å². The Kier molecular flexibility index (Phi) is 6.54. The van der Waals surface area contributed by atoms with Gasteiger partial charge >= 0.3 is 0 Å². The van der Waals surface area contributed by atoms with Crippen LogP contribution in [-0.2, 0) is 6.54 Å². The Morgan fingerprint density at radius 1 is 1.28 bits per heavy atom. The van der Waals surface area contributed by atoms with Crippen molar-refractivity contribution in [2.75, 3.05) is 34.3 Å². The number of unbranched alkanes of at least 4 members (excludes halogenated alkanes) is 1. The molecule has 0 aliphatic carbocycles.